The molecule has 0 aliphatic rings. The van der Waals surface area contributed by atoms with Crippen molar-refractivity contribution >= 4 is 12.2 Å². The maximum Gasteiger partial charge on any atom is 0.305 e. The second-order valence-electron chi connectivity index (χ2n) is 2.56. The Labute approximate surface area is 82.4 Å². The van der Waals surface area contributed by atoms with Crippen molar-refractivity contribution in [3.8, 4) is 0 Å². The molecule has 0 saturated carbocycles. The van der Waals surface area contributed by atoms with Crippen molar-refractivity contribution in [3.05, 3.63) is 39.4 Å². The summed E-state index contributed by atoms with van der Waals surface area (Å²) in [5.74, 6) is -2.27. The lowest BCUT2D eigenvalue weighted by Crippen LogP contribution is -2.00. The highest BCUT2D eigenvalue weighted by Gasteiger charge is 2.18. The fourth-order valence-corrected chi connectivity index (χ4v) is 0.955. The van der Waals surface area contributed by atoms with Crippen LogP contribution in [0.1, 0.15) is 5.56 Å². The smallest absolute Gasteiger partial charge is 0.305 e. The molecule has 0 spiro atoms. The molecule has 0 heterocycles. The number of nitrogens with zero attached hydrogens (tertiary/aromatic N) is 1. The Hall–Kier alpha value is -2.05. The number of carbonyl (C=O) groups is 1. The van der Waals surface area contributed by atoms with Crippen molar-refractivity contribution in [2.45, 2.75) is 6.61 Å². The lowest BCUT2D eigenvalue weighted by molar-refractivity contribution is -0.387. The molecule has 0 N–H and O–H groups in total. The Kier molecular flexibility index (Phi) is 3.27. The van der Waals surface area contributed by atoms with Gasteiger partial charge in [-0.15, -0.1) is 0 Å². The van der Waals surface area contributed by atoms with E-state index in [0.717, 1.165) is 0 Å². The van der Waals surface area contributed by atoms with Crippen molar-refractivity contribution in [3.63, 3.8) is 0 Å². The van der Waals surface area contributed by atoms with Gasteiger partial charge in [-0.25, -0.2) is 4.39 Å². The Bertz CT molecular complexity index is 408. The number of carbonyl (C=O) groups excluding carboxylic acids is 1. The monoisotopic (exact) mass is 217 g/mol. The molecule has 0 bridgehead atoms. The lowest BCUT2D eigenvalue weighted by atomic mass is 10.2. The van der Waals surface area contributed by atoms with Gasteiger partial charge in [0.15, 0.2) is 0 Å². The summed E-state index contributed by atoms with van der Waals surface area (Å²) in [6, 6.07) is 1.07. The predicted molar refractivity (Wildman–Crippen MR) is 43.9 cm³/mol. The first kappa shape index (κ1) is 11.0. The first-order valence-electron chi connectivity index (χ1n) is 3.74. The largest absolute Gasteiger partial charge is 0.463 e. The average Bonchev–Trinajstić information content (AvgIpc) is 2.16. The molecule has 0 aliphatic carbocycles. The van der Waals surface area contributed by atoms with Gasteiger partial charge in [-0.1, -0.05) is 0 Å². The summed E-state index contributed by atoms with van der Waals surface area (Å²) in [6.45, 7) is -0.412. The van der Waals surface area contributed by atoms with Crippen LogP contribution in [0.3, 0.4) is 0 Å². The molecule has 1 aromatic rings. The van der Waals surface area contributed by atoms with Gasteiger partial charge in [-0.05, 0) is 0 Å². The number of ether oxygens (including phenoxy) is 1. The van der Waals surface area contributed by atoms with Crippen LogP contribution in [0.5, 0.6) is 0 Å². The first-order chi connectivity index (χ1) is 7.06. The topological polar surface area (TPSA) is 69.4 Å². The summed E-state index contributed by atoms with van der Waals surface area (Å²) in [4.78, 5) is 19.1. The normalized spacial score (nSPS) is 9.73. The van der Waals surface area contributed by atoms with Crippen molar-refractivity contribution in [2.24, 2.45) is 0 Å². The van der Waals surface area contributed by atoms with Crippen LogP contribution in [-0.2, 0) is 16.1 Å². The summed E-state index contributed by atoms with van der Waals surface area (Å²) < 4.78 is 30.0. The fraction of sp³-hybridized carbons (Fsp3) is 0.125. The Morgan fingerprint density at radius 3 is 2.60 bits per heavy atom. The molecular weight excluding hydrogens is 212 g/mol. The molecule has 0 saturated heterocycles. The van der Waals surface area contributed by atoms with Gasteiger partial charge in [-0.3, -0.25) is 14.9 Å². The van der Waals surface area contributed by atoms with Gasteiger partial charge >= 0.3 is 5.69 Å². The molecule has 0 fully saturated rings. The van der Waals surface area contributed by atoms with E-state index < -0.39 is 28.9 Å². The van der Waals surface area contributed by atoms with Crippen LogP contribution in [0, 0.1) is 21.7 Å². The molecule has 0 radical (unpaired) electrons. The van der Waals surface area contributed by atoms with Crippen LogP contribution >= 0.6 is 0 Å². The van der Waals surface area contributed by atoms with E-state index in [4.69, 9.17) is 0 Å². The standard InChI is InChI=1S/C8H5F2NO4/c9-6-2-7(10)8(11(13)14)1-5(6)3-15-4-12/h1-2,4H,3H2. The molecule has 0 aromatic heterocycles. The van der Waals surface area contributed by atoms with Gasteiger partial charge in [0.05, 0.1) is 4.92 Å². The number of hydrogen-bond donors (Lipinski definition) is 0. The van der Waals surface area contributed by atoms with Crippen LogP contribution in [0.4, 0.5) is 14.5 Å². The molecule has 1 aromatic carbocycles. The Balaban J connectivity index is 3.11. The van der Waals surface area contributed by atoms with Gasteiger partial charge in [-0.2, -0.15) is 4.39 Å². The predicted octanol–water partition coefficient (Wildman–Crippen LogP) is 1.55. The van der Waals surface area contributed by atoms with Gasteiger partial charge in [0, 0.05) is 17.7 Å². The van der Waals surface area contributed by atoms with E-state index in [1.807, 2.05) is 0 Å². The zero-order valence-electron chi connectivity index (χ0n) is 7.28. The van der Waals surface area contributed by atoms with Crippen LogP contribution in [0.25, 0.3) is 0 Å². The third kappa shape index (κ3) is 2.46. The van der Waals surface area contributed by atoms with Crippen LogP contribution < -0.4 is 0 Å². The van der Waals surface area contributed by atoms with E-state index >= 15 is 0 Å². The molecule has 80 valence electrons. The first-order valence-corrected chi connectivity index (χ1v) is 3.74. The molecular formula is C8H5F2NO4. The zero-order valence-corrected chi connectivity index (χ0v) is 7.28. The van der Waals surface area contributed by atoms with Gasteiger partial charge in [0.25, 0.3) is 6.47 Å². The van der Waals surface area contributed by atoms with Crippen LogP contribution in [0.15, 0.2) is 12.1 Å². The summed E-state index contributed by atoms with van der Waals surface area (Å²) in [5, 5.41) is 10.3. The average molecular weight is 217 g/mol. The molecule has 0 aliphatic heterocycles. The number of nitro groups is 1. The molecule has 5 nitrogen and oxygen atoms in total. The number of hydrogen-bond acceptors (Lipinski definition) is 4. The SMILES string of the molecule is O=COCc1cc([N+](=O)[O-])c(F)cc1F. The van der Waals surface area contributed by atoms with E-state index in [0.29, 0.717) is 12.1 Å². The highest BCUT2D eigenvalue weighted by atomic mass is 19.1. The molecule has 0 amide bonds. The van der Waals surface area contributed by atoms with Crippen molar-refractivity contribution in [2.75, 3.05) is 0 Å². The van der Waals surface area contributed by atoms with Crippen molar-refractivity contribution < 1.29 is 23.2 Å². The minimum absolute atomic E-state index is 0.0641. The highest BCUT2D eigenvalue weighted by molar-refractivity contribution is 5.40. The summed E-state index contributed by atoms with van der Waals surface area (Å²) in [6.07, 6.45) is 0. The van der Waals surface area contributed by atoms with E-state index in [9.17, 15) is 23.7 Å². The number of rotatable bonds is 4. The maximum absolute atomic E-state index is 13.0. The van der Waals surface area contributed by atoms with Gasteiger partial charge in [0.2, 0.25) is 5.82 Å². The number of nitro benzene ring substituents is 1. The van der Waals surface area contributed by atoms with E-state index in [1.54, 1.807) is 0 Å². The van der Waals surface area contributed by atoms with Gasteiger partial charge in [0.1, 0.15) is 12.4 Å². The lowest BCUT2D eigenvalue weighted by Gasteiger charge is -2.02. The van der Waals surface area contributed by atoms with Crippen molar-refractivity contribution in [1.29, 1.82) is 0 Å². The van der Waals surface area contributed by atoms with Crippen molar-refractivity contribution in [1.82, 2.24) is 0 Å². The molecule has 15 heavy (non-hydrogen) atoms. The minimum Gasteiger partial charge on any atom is -0.463 e. The molecule has 0 unspecified atom stereocenters. The second-order valence-corrected chi connectivity index (χ2v) is 2.56. The van der Waals surface area contributed by atoms with E-state index in [1.165, 1.54) is 0 Å². The summed E-state index contributed by atoms with van der Waals surface area (Å²) in [7, 11) is 0. The second kappa shape index (κ2) is 4.45. The van der Waals surface area contributed by atoms with Gasteiger partial charge < -0.3 is 4.74 Å². The number of halogens is 2. The number of benzene rings is 1. The Morgan fingerprint density at radius 1 is 1.40 bits per heavy atom. The fourth-order valence-electron chi connectivity index (χ4n) is 0.955. The quantitative estimate of drug-likeness (QED) is 0.435. The highest BCUT2D eigenvalue weighted by Crippen LogP contribution is 2.21. The minimum atomic E-state index is -1.27. The van der Waals surface area contributed by atoms with E-state index in [-0.39, 0.29) is 12.0 Å². The Morgan fingerprint density at radius 2 is 2.07 bits per heavy atom. The molecule has 7 heteroatoms. The zero-order chi connectivity index (χ0) is 11.4. The molecule has 1 rings (SSSR count). The molecule has 0 atom stereocenters. The maximum atomic E-state index is 13.0. The third-order valence-electron chi connectivity index (χ3n) is 1.62. The summed E-state index contributed by atoms with van der Waals surface area (Å²) in [5.41, 5.74) is -1.11. The third-order valence-corrected chi connectivity index (χ3v) is 1.62. The van der Waals surface area contributed by atoms with Crippen LogP contribution in [-0.4, -0.2) is 11.4 Å². The van der Waals surface area contributed by atoms with E-state index in [2.05, 4.69) is 4.74 Å². The van der Waals surface area contributed by atoms with Crippen LogP contribution in [0.2, 0.25) is 0 Å². The summed E-state index contributed by atoms with van der Waals surface area (Å²) >= 11 is 0.